The second-order valence-corrected chi connectivity index (χ2v) is 7.09. The summed E-state index contributed by atoms with van der Waals surface area (Å²) >= 11 is 0. The van der Waals surface area contributed by atoms with Crippen LogP contribution in [0.4, 0.5) is 0 Å². The topological polar surface area (TPSA) is 38.8 Å². The molecule has 0 aliphatic carbocycles. The van der Waals surface area contributed by atoms with Gasteiger partial charge in [-0.15, -0.1) is 0 Å². The zero-order chi connectivity index (χ0) is 16.3. The third-order valence-corrected chi connectivity index (χ3v) is 4.05. The molecule has 0 bridgehead atoms. The zero-order valence-corrected chi connectivity index (χ0v) is 14.3. The summed E-state index contributed by atoms with van der Waals surface area (Å²) in [6.45, 7) is 7.12. The highest BCUT2D eigenvalue weighted by molar-refractivity contribution is 5.78. The van der Waals surface area contributed by atoms with Gasteiger partial charge in [0.25, 0.3) is 0 Å². The van der Waals surface area contributed by atoms with E-state index in [1.54, 1.807) is 14.2 Å². The Morgan fingerprint density at radius 2 is 2.00 bits per heavy atom. The highest BCUT2D eigenvalue weighted by atomic mass is 16.5. The number of nitrogens with zero attached hydrogens (tertiary/aromatic N) is 1. The van der Waals surface area contributed by atoms with Gasteiger partial charge >= 0.3 is 0 Å². The molecule has 1 amide bonds. The number of hydrogen-bond donors (Lipinski definition) is 0. The SMILES string of the molecule is COc1ccc(OC)c(C2CCCN2C(=O)CC(C)(C)C)c1. The molecular weight excluding hydrogens is 278 g/mol. The van der Waals surface area contributed by atoms with Gasteiger partial charge in [0.05, 0.1) is 20.3 Å². The first kappa shape index (κ1) is 16.7. The predicted octanol–water partition coefficient (Wildman–Crippen LogP) is 3.80. The Kier molecular flexibility index (Phi) is 4.99. The van der Waals surface area contributed by atoms with E-state index >= 15 is 0 Å². The summed E-state index contributed by atoms with van der Waals surface area (Å²) in [6, 6.07) is 5.88. The Hall–Kier alpha value is -1.71. The Morgan fingerprint density at radius 1 is 1.27 bits per heavy atom. The third kappa shape index (κ3) is 3.73. The monoisotopic (exact) mass is 305 g/mol. The molecule has 1 aliphatic rings. The molecule has 1 fully saturated rings. The van der Waals surface area contributed by atoms with Gasteiger partial charge < -0.3 is 14.4 Å². The maximum atomic E-state index is 12.7. The summed E-state index contributed by atoms with van der Waals surface area (Å²) in [5, 5.41) is 0. The number of carbonyl (C=O) groups excluding carboxylic acids is 1. The maximum absolute atomic E-state index is 12.7. The quantitative estimate of drug-likeness (QED) is 0.849. The van der Waals surface area contributed by atoms with E-state index in [4.69, 9.17) is 9.47 Å². The van der Waals surface area contributed by atoms with Gasteiger partial charge in [-0.1, -0.05) is 20.8 Å². The van der Waals surface area contributed by atoms with Crippen molar-refractivity contribution in [3.05, 3.63) is 23.8 Å². The fourth-order valence-corrected chi connectivity index (χ4v) is 3.04. The normalized spacial score (nSPS) is 18.4. The summed E-state index contributed by atoms with van der Waals surface area (Å²) < 4.78 is 10.8. The van der Waals surface area contributed by atoms with Crippen LogP contribution in [-0.2, 0) is 4.79 Å². The standard InChI is InChI=1S/C18H27NO3/c1-18(2,3)12-17(20)19-10-6-7-15(19)14-11-13(21-4)8-9-16(14)22-5/h8-9,11,15H,6-7,10,12H2,1-5H3. The van der Waals surface area contributed by atoms with Crippen molar-refractivity contribution in [2.75, 3.05) is 20.8 Å². The Bertz CT molecular complexity index is 534. The molecule has 22 heavy (non-hydrogen) atoms. The first-order valence-corrected chi connectivity index (χ1v) is 7.87. The van der Waals surface area contributed by atoms with Crippen molar-refractivity contribution in [1.82, 2.24) is 4.90 Å². The van der Waals surface area contributed by atoms with Gasteiger partial charge in [-0.25, -0.2) is 0 Å². The molecule has 2 rings (SSSR count). The van der Waals surface area contributed by atoms with Crippen LogP contribution < -0.4 is 9.47 Å². The van der Waals surface area contributed by atoms with E-state index in [1.807, 2.05) is 23.1 Å². The van der Waals surface area contributed by atoms with E-state index in [9.17, 15) is 4.79 Å². The Balaban J connectivity index is 2.28. The third-order valence-electron chi connectivity index (χ3n) is 4.05. The Labute approximate surface area is 133 Å². The van der Waals surface area contributed by atoms with Crippen LogP contribution in [0.25, 0.3) is 0 Å². The molecule has 1 heterocycles. The van der Waals surface area contributed by atoms with Gasteiger partial charge in [-0.3, -0.25) is 4.79 Å². The molecule has 1 aromatic carbocycles. The lowest BCUT2D eigenvalue weighted by Crippen LogP contribution is -2.33. The van der Waals surface area contributed by atoms with Crippen LogP contribution in [0.5, 0.6) is 11.5 Å². The number of hydrogen-bond acceptors (Lipinski definition) is 3. The fourth-order valence-electron chi connectivity index (χ4n) is 3.04. The smallest absolute Gasteiger partial charge is 0.223 e. The molecule has 122 valence electrons. The van der Waals surface area contributed by atoms with Crippen LogP contribution in [0.2, 0.25) is 0 Å². The first-order valence-electron chi connectivity index (χ1n) is 7.87. The van der Waals surface area contributed by atoms with Gasteiger partial charge in [0.1, 0.15) is 11.5 Å². The maximum Gasteiger partial charge on any atom is 0.223 e. The highest BCUT2D eigenvalue weighted by Gasteiger charge is 2.33. The molecule has 0 radical (unpaired) electrons. The minimum atomic E-state index is 0.00267. The van der Waals surface area contributed by atoms with Crippen LogP contribution >= 0.6 is 0 Å². The van der Waals surface area contributed by atoms with Gasteiger partial charge in [0, 0.05) is 18.5 Å². The number of ether oxygens (including phenoxy) is 2. The molecule has 1 saturated heterocycles. The molecule has 1 unspecified atom stereocenters. The van der Waals surface area contributed by atoms with Gasteiger partial charge in [0.2, 0.25) is 5.91 Å². The van der Waals surface area contributed by atoms with Gasteiger partial charge in [-0.05, 0) is 36.5 Å². The first-order chi connectivity index (χ1) is 10.4. The second kappa shape index (κ2) is 6.59. The molecule has 1 aliphatic heterocycles. The molecule has 0 N–H and O–H groups in total. The summed E-state index contributed by atoms with van der Waals surface area (Å²) in [5.41, 5.74) is 1.05. The van der Waals surface area contributed by atoms with Crippen molar-refractivity contribution in [2.45, 2.75) is 46.1 Å². The summed E-state index contributed by atoms with van der Waals surface area (Å²) in [6.07, 6.45) is 2.57. The number of carbonyl (C=O) groups is 1. The van der Waals surface area contributed by atoms with E-state index in [-0.39, 0.29) is 17.4 Å². The van der Waals surface area contributed by atoms with E-state index < -0.39 is 0 Å². The molecule has 1 aromatic rings. The van der Waals surface area contributed by atoms with Crippen LogP contribution in [0, 0.1) is 5.41 Å². The van der Waals surface area contributed by atoms with Crippen molar-refractivity contribution in [2.24, 2.45) is 5.41 Å². The number of methoxy groups -OCH3 is 2. The van der Waals surface area contributed by atoms with Crippen molar-refractivity contribution < 1.29 is 14.3 Å². The second-order valence-electron chi connectivity index (χ2n) is 7.09. The highest BCUT2D eigenvalue weighted by Crippen LogP contribution is 2.39. The van der Waals surface area contributed by atoms with E-state index in [0.29, 0.717) is 6.42 Å². The lowest BCUT2D eigenvalue weighted by Gasteiger charge is -2.29. The lowest BCUT2D eigenvalue weighted by molar-refractivity contribution is -0.134. The largest absolute Gasteiger partial charge is 0.497 e. The van der Waals surface area contributed by atoms with Crippen molar-refractivity contribution in [3.8, 4) is 11.5 Å². The number of rotatable bonds is 4. The number of likely N-dealkylation sites (tertiary alicyclic amines) is 1. The molecular formula is C18H27NO3. The average Bonchev–Trinajstić information content (AvgIpc) is 2.94. The molecule has 4 nitrogen and oxygen atoms in total. The van der Waals surface area contributed by atoms with Crippen molar-refractivity contribution >= 4 is 5.91 Å². The molecule has 0 spiro atoms. The molecule has 0 saturated carbocycles. The van der Waals surface area contributed by atoms with Crippen molar-refractivity contribution in [1.29, 1.82) is 0 Å². The predicted molar refractivity (Wildman–Crippen MR) is 87.3 cm³/mol. The Morgan fingerprint density at radius 3 is 2.59 bits per heavy atom. The van der Waals surface area contributed by atoms with E-state index in [1.165, 1.54) is 0 Å². The van der Waals surface area contributed by atoms with Crippen LogP contribution in [-0.4, -0.2) is 31.6 Å². The van der Waals surface area contributed by atoms with E-state index in [2.05, 4.69) is 20.8 Å². The zero-order valence-electron chi connectivity index (χ0n) is 14.3. The van der Waals surface area contributed by atoms with Crippen LogP contribution in [0.1, 0.15) is 51.6 Å². The summed E-state index contributed by atoms with van der Waals surface area (Å²) in [7, 11) is 3.32. The number of benzene rings is 1. The summed E-state index contributed by atoms with van der Waals surface area (Å²) in [5.74, 6) is 1.84. The van der Waals surface area contributed by atoms with Crippen LogP contribution in [0.15, 0.2) is 18.2 Å². The minimum absolute atomic E-state index is 0.00267. The average molecular weight is 305 g/mol. The molecule has 0 aromatic heterocycles. The molecule has 4 heteroatoms. The van der Waals surface area contributed by atoms with E-state index in [0.717, 1.165) is 36.4 Å². The molecule has 1 atom stereocenters. The van der Waals surface area contributed by atoms with Crippen molar-refractivity contribution in [3.63, 3.8) is 0 Å². The van der Waals surface area contributed by atoms with Crippen LogP contribution in [0.3, 0.4) is 0 Å². The minimum Gasteiger partial charge on any atom is -0.497 e. The number of amides is 1. The van der Waals surface area contributed by atoms with Gasteiger partial charge in [-0.2, -0.15) is 0 Å². The summed E-state index contributed by atoms with van der Waals surface area (Å²) in [4.78, 5) is 14.7. The van der Waals surface area contributed by atoms with Gasteiger partial charge in [0.15, 0.2) is 0 Å². The lowest BCUT2D eigenvalue weighted by atomic mass is 9.91. The fraction of sp³-hybridized carbons (Fsp3) is 0.611.